The van der Waals surface area contributed by atoms with E-state index in [1.54, 1.807) is 0 Å². The molecule has 0 fully saturated rings. The van der Waals surface area contributed by atoms with Gasteiger partial charge < -0.3 is 5.11 Å². The predicted octanol–water partition coefficient (Wildman–Crippen LogP) is 4.76. The van der Waals surface area contributed by atoms with Gasteiger partial charge in [-0.25, -0.2) is 0 Å². The Balaban J connectivity index is 2.60. The van der Waals surface area contributed by atoms with Gasteiger partial charge in [-0.2, -0.15) is 0 Å². The van der Waals surface area contributed by atoms with E-state index < -0.39 is 0 Å². The normalized spacial score (nSPS) is 11.4. The summed E-state index contributed by atoms with van der Waals surface area (Å²) in [6.45, 7) is 8.25. The van der Waals surface area contributed by atoms with Crippen LogP contribution >= 0.6 is 12.2 Å². The van der Waals surface area contributed by atoms with Crippen LogP contribution in [-0.2, 0) is 5.41 Å². The highest BCUT2D eigenvalue weighted by atomic mass is 32.1. The summed E-state index contributed by atoms with van der Waals surface area (Å²) in [4.78, 5) is 0.701. The molecular formula is C18H20OS. The second-order valence-electron chi connectivity index (χ2n) is 6.10. The van der Waals surface area contributed by atoms with Crippen LogP contribution in [0.5, 0.6) is 5.75 Å². The van der Waals surface area contributed by atoms with Crippen molar-refractivity contribution in [3.05, 3.63) is 64.7 Å². The minimum Gasteiger partial charge on any atom is -0.507 e. The van der Waals surface area contributed by atoms with E-state index in [4.69, 9.17) is 12.2 Å². The molecule has 2 heteroatoms. The van der Waals surface area contributed by atoms with Gasteiger partial charge in [0.2, 0.25) is 0 Å². The van der Waals surface area contributed by atoms with E-state index in [2.05, 4.69) is 20.8 Å². The molecule has 0 radical (unpaired) electrons. The first-order chi connectivity index (χ1) is 9.32. The van der Waals surface area contributed by atoms with Crippen LogP contribution in [0.15, 0.2) is 42.5 Å². The third-order valence-electron chi connectivity index (χ3n) is 3.46. The fourth-order valence-corrected chi connectivity index (χ4v) is 2.71. The minimum atomic E-state index is -0.112. The molecule has 20 heavy (non-hydrogen) atoms. The lowest BCUT2D eigenvalue weighted by molar-refractivity contribution is 0.445. The number of aryl methyl sites for hydroxylation is 1. The van der Waals surface area contributed by atoms with Crippen LogP contribution in [0.1, 0.15) is 43.0 Å². The molecule has 1 N–H and O–H groups in total. The number of phenolic OH excluding ortho intramolecular Hbond substituents is 1. The molecule has 0 bridgehead atoms. The van der Waals surface area contributed by atoms with Crippen LogP contribution in [0.2, 0.25) is 0 Å². The van der Waals surface area contributed by atoms with E-state index in [9.17, 15) is 5.11 Å². The smallest absolute Gasteiger partial charge is 0.128 e. The van der Waals surface area contributed by atoms with Crippen molar-refractivity contribution >= 4 is 17.1 Å². The van der Waals surface area contributed by atoms with Crippen LogP contribution in [0.3, 0.4) is 0 Å². The lowest BCUT2D eigenvalue weighted by atomic mass is 9.83. The topological polar surface area (TPSA) is 20.2 Å². The second kappa shape index (κ2) is 5.37. The summed E-state index contributed by atoms with van der Waals surface area (Å²) in [5.74, 6) is 0.311. The zero-order valence-electron chi connectivity index (χ0n) is 12.4. The van der Waals surface area contributed by atoms with Gasteiger partial charge in [0, 0.05) is 5.56 Å². The van der Waals surface area contributed by atoms with Crippen LogP contribution in [0, 0.1) is 6.92 Å². The highest BCUT2D eigenvalue weighted by Gasteiger charge is 2.23. The Bertz CT molecular complexity index is 636. The number of hydrogen-bond acceptors (Lipinski definition) is 2. The van der Waals surface area contributed by atoms with E-state index in [1.165, 1.54) is 0 Å². The number of hydrogen-bond donors (Lipinski definition) is 1. The molecule has 0 aliphatic carbocycles. The molecule has 2 rings (SSSR count). The quantitative estimate of drug-likeness (QED) is 0.633. The molecule has 0 aromatic heterocycles. The Morgan fingerprint density at radius 3 is 2.15 bits per heavy atom. The van der Waals surface area contributed by atoms with Crippen molar-refractivity contribution in [3.63, 3.8) is 0 Å². The Morgan fingerprint density at radius 1 is 1.00 bits per heavy atom. The fraction of sp³-hybridized carbons (Fsp3) is 0.278. The van der Waals surface area contributed by atoms with E-state index in [-0.39, 0.29) is 5.41 Å². The molecule has 0 unspecified atom stereocenters. The summed E-state index contributed by atoms with van der Waals surface area (Å²) in [5.41, 5.74) is 3.56. The van der Waals surface area contributed by atoms with Gasteiger partial charge in [-0.15, -0.1) is 0 Å². The van der Waals surface area contributed by atoms with E-state index in [1.807, 2.05) is 49.4 Å². The molecule has 0 saturated heterocycles. The highest BCUT2D eigenvalue weighted by molar-refractivity contribution is 7.81. The molecule has 2 aromatic carbocycles. The van der Waals surface area contributed by atoms with Crippen LogP contribution in [0.4, 0.5) is 0 Å². The average Bonchev–Trinajstić information content (AvgIpc) is 2.38. The second-order valence-corrected chi connectivity index (χ2v) is 6.51. The predicted molar refractivity (Wildman–Crippen MR) is 88.8 cm³/mol. The summed E-state index contributed by atoms with van der Waals surface area (Å²) < 4.78 is 0. The average molecular weight is 284 g/mol. The molecule has 1 nitrogen and oxygen atoms in total. The van der Waals surface area contributed by atoms with Crippen molar-refractivity contribution in [1.29, 1.82) is 0 Å². The molecule has 0 spiro atoms. The van der Waals surface area contributed by atoms with Crippen molar-refractivity contribution in [2.75, 3.05) is 0 Å². The van der Waals surface area contributed by atoms with Gasteiger partial charge in [-0.1, -0.05) is 75.5 Å². The largest absolute Gasteiger partial charge is 0.507 e. The van der Waals surface area contributed by atoms with Crippen molar-refractivity contribution in [1.82, 2.24) is 0 Å². The molecule has 2 aromatic rings. The number of benzene rings is 2. The molecule has 0 saturated carbocycles. The summed E-state index contributed by atoms with van der Waals surface area (Å²) in [5, 5.41) is 10.6. The van der Waals surface area contributed by atoms with Crippen LogP contribution in [-0.4, -0.2) is 9.97 Å². The summed E-state index contributed by atoms with van der Waals surface area (Å²) >= 11 is 5.58. The van der Waals surface area contributed by atoms with E-state index in [0.29, 0.717) is 10.6 Å². The molecule has 0 aliphatic rings. The maximum atomic E-state index is 10.6. The summed E-state index contributed by atoms with van der Waals surface area (Å²) in [7, 11) is 0. The maximum Gasteiger partial charge on any atom is 0.128 e. The first kappa shape index (κ1) is 14.7. The van der Waals surface area contributed by atoms with Gasteiger partial charge in [-0.3, -0.25) is 0 Å². The SMILES string of the molecule is Cc1ccc(C(C)(C)C)c(O)c1C(=S)c1ccccc1. The number of phenols is 1. The monoisotopic (exact) mass is 284 g/mol. The number of aromatic hydroxyl groups is 1. The van der Waals surface area contributed by atoms with Gasteiger partial charge in [0.15, 0.2) is 0 Å². The van der Waals surface area contributed by atoms with Crippen molar-refractivity contribution in [2.24, 2.45) is 0 Å². The van der Waals surface area contributed by atoms with E-state index in [0.717, 1.165) is 22.3 Å². The molecule has 0 aliphatic heterocycles. The summed E-state index contributed by atoms with van der Waals surface area (Å²) in [6.07, 6.45) is 0. The number of thiocarbonyl (C=S) groups is 1. The van der Waals surface area contributed by atoms with Gasteiger partial charge in [0.05, 0.1) is 4.86 Å². The molecule has 0 atom stereocenters. The minimum absolute atomic E-state index is 0.112. The number of rotatable bonds is 2. The molecule has 0 heterocycles. The molecule has 0 amide bonds. The van der Waals surface area contributed by atoms with Gasteiger partial charge >= 0.3 is 0 Å². The lowest BCUT2D eigenvalue weighted by Crippen LogP contribution is -2.14. The highest BCUT2D eigenvalue weighted by Crippen LogP contribution is 2.36. The van der Waals surface area contributed by atoms with Crippen molar-refractivity contribution in [2.45, 2.75) is 33.1 Å². The zero-order valence-corrected chi connectivity index (χ0v) is 13.2. The van der Waals surface area contributed by atoms with Gasteiger partial charge in [-0.05, 0) is 29.0 Å². The van der Waals surface area contributed by atoms with Gasteiger partial charge in [0.25, 0.3) is 0 Å². The van der Waals surface area contributed by atoms with Crippen LogP contribution < -0.4 is 0 Å². The fourth-order valence-electron chi connectivity index (χ4n) is 2.32. The lowest BCUT2D eigenvalue weighted by Gasteiger charge is -2.23. The van der Waals surface area contributed by atoms with Crippen molar-refractivity contribution in [3.8, 4) is 5.75 Å². The first-order valence-electron chi connectivity index (χ1n) is 6.75. The standard InChI is InChI=1S/C18H20OS/c1-12-10-11-14(18(2,3)4)16(19)15(12)17(20)13-8-6-5-7-9-13/h5-11,19H,1-4H3. The Kier molecular flexibility index (Phi) is 3.96. The van der Waals surface area contributed by atoms with E-state index >= 15 is 0 Å². The first-order valence-corrected chi connectivity index (χ1v) is 7.16. The Labute approximate surface area is 126 Å². The third kappa shape index (κ3) is 2.75. The van der Waals surface area contributed by atoms with Crippen LogP contribution in [0.25, 0.3) is 0 Å². The Hall–Kier alpha value is -1.67. The summed E-state index contributed by atoms with van der Waals surface area (Å²) in [6, 6.07) is 13.9. The van der Waals surface area contributed by atoms with Crippen molar-refractivity contribution < 1.29 is 5.11 Å². The third-order valence-corrected chi connectivity index (χ3v) is 3.90. The molecular weight excluding hydrogens is 264 g/mol. The Morgan fingerprint density at radius 2 is 1.60 bits per heavy atom. The molecule has 104 valence electrons. The van der Waals surface area contributed by atoms with Gasteiger partial charge in [0.1, 0.15) is 5.75 Å². The maximum absolute atomic E-state index is 10.6. The zero-order chi connectivity index (χ0) is 14.9.